The third-order valence-electron chi connectivity index (χ3n) is 1.88. The van der Waals surface area contributed by atoms with Gasteiger partial charge in [0.1, 0.15) is 6.10 Å². The van der Waals surface area contributed by atoms with E-state index in [-0.39, 0.29) is 5.78 Å². The fourth-order valence-corrected chi connectivity index (χ4v) is 1.52. The molecule has 76 valence electrons. The van der Waals surface area contributed by atoms with Crippen molar-refractivity contribution >= 4 is 21.7 Å². The van der Waals surface area contributed by atoms with E-state index in [9.17, 15) is 4.79 Å². The maximum absolute atomic E-state index is 11.3. The van der Waals surface area contributed by atoms with Gasteiger partial charge >= 0.3 is 0 Å². The van der Waals surface area contributed by atoms with Gasteiger partial charge in [0, 0.05) is 11.1 Å². The van der Waals surface area contributed by atoms with Gasteiger partial charge in [-0.1, -0.05) is 28.1 Å². The molecule has 0 amide bonds. The van der Waals surface area contributed by atoms with E-state index in [1.807, 2.05) is 31.2 Å². The Kier molecular flexibility index (Phi) is 4.29. The number of carbonyl (C=O) groups excluding carboxylic acids is 1. The minimum Gasteiger partial charge on any atom is -0.366 e. The molecule has 0 aromatic heterocycles. The molecule has 0 aliphatic heterocycles. The Morgan fingerprint density at radius 2 is 2.00 bits per heavy atom. The highest BCUT2D eigenvalue weighted by molar-refractivity contribution is 9.10. The van der Waals surface area contributed by atoms with Crippen LogP contribution in [0, 0.1) is 0 Å². The zero-order valence-electron chi connectivity index (χ0n) is 8.29. The lowest BCUT2D eigenvalue weighted by Gasteiger charge is -2.13. The van der Waals surface area contributed by atoms with Crippen LogP contribution in [0.15, 0.2) is 28.7 Å². The van der Waals surface area contributed by atoms with Crippen LogP contribution in [0.2, 0.25) is 0 Å². The standard InChI is InChI=1S/C11H13BrO2/c1-3-14-11(8(2)13)9-4-6-10(12)7-5-9/h4-7,11H,3H2,1-2H3. The zero-order valence-corrected chi connectivity index (χ0v) is 9.87. The van der Waals surface area contributed by atoms with Crippen LogP contribution in [0.3, 0.4) is 0 Å². The summed E-state index contributed by atoms with van der Waals surface area (Å²) in [6.45, 7) is 3.97. The van der Waals surface area contributed by atoms with Crippen molar-refractivity contribution in [1.82, 2.24) is 0 Å². The van der Waals surface area contributed by atoms with Crippen LogP contribution in [0.1, 0.15) is 25.5 Å². The number of Topliss-reactive ketones (excluding diaryl/α,β-unsaturated/α-hetero) is 1. The molecule has 14 heavy (non-hydrogen) atoms. The number of hydrogen-bond donors (Lipinski definition) is 0. The van der Waals surface area contributed by atoms with E-state index in [0.717, 1.165) is 10.0 Å². The summed E-state index contributed by atoms with van der Waals surface area (Å²) in [6.07, 6.45) is -0.423. The summed E-state index contributed by atoms with van der Waals surface area (Å²) in [5, 5.41) is 0. The molecule has 2 nitrogen and oxygen atoms in total. The molecular weight excluding hydrogens is 244 g/mol. The van der Waals surface area contributed by atoms with Gasteiger partial charge in [-0.3, -0.25) is 4.79 Å². The maximum Gasteiger partial charge on any atom is 0.163 e. The second-order valence-corrected chi connectivity index (χ2v) is 3.91. The van der Waals surface area contributed by atoms with Crippen molar-refractivity contribution in [1.29, 1.82) is 0 Å². The predicted molar refractivity (Wildman–Crippen MR) is 59.2 cm³/mol. The molecule has 0 bridgehead atoms. The van der Waals surface area contributed by atoms with Crippen LogP contribution in [0.5, 0.6) is 0 Å². The second-order valence-electron chi connectivity index (χ2n) is 3.00. The molecule has 0 radical (unpaired) electrons. The maximum atomic E-state index is 11.3. The Morgan fingerprint density at radius 3 is 2.43 bits per heavy atom. The Hall–Kier alpha value is -0.670. The minimum absolute atomic E-state index is 0.0363. The molecule has 0 aliphatic rings. The summed E-state index contributed by atoms with van der Waals surface area (Å²) >= 11 is 3.34. The first-order valence-electron chi connectivity index (χ1n) is 4.52. The van der Waals surface area contributed by atoms with E-state index in [2.05, 4.69) is 15.9 Å². The highest BCUT2D eigenvalue weighted by Crippen LogP contribution is 2.20. The van der Waals surface area contributed by atoms with Crippen molar-refractivity contribution < 1.29 is 9.53 Å². The average molecular weight is 257 g/mol. The zero-order chi connectivity index (χ0) is 10.6. The van der Waals surface area contributed by atoms with Crippen molar-refractivity contribution in [2.75, 3.05) is 6.61 Å². The lowest BCUT2D eigenvalue weighted by Crippen LogP contribution is -2.12. The highest BCUT2D eigenvalue weighted by Gasteiger charge is 2.15. The van der Waals surface area contributed by atoms with Crippen LogP contribution in [-0.2, 0) is 9.53 Å². The second kappa shape index (κ2) is 5.27. The third-order valence-corrected chi connectivity index (χ3v) is 2.40. The van der Waals surface area contributed by atoms with E-state index < -0.39 is 6.10 Å². The van der Waals surface area contributed by atoms with E-state index in [1.165, 1.54) is 0 Å². The van der Waals surface area contributed by atoms with Gasteiger partial charge in [-0.15, -0.1) is 0 Å². The monoisotopic (exact) mass is 256 g/mol. The highest BCUT2D eigenvalue weighted by atomic mass is 79.9. The largest absolute Gasteiger partial charge is 0.366 e. The minimum atomic E-state index is -0.423. The molecular formula is C11H13BrO2. The summed E-state index contributed by atoms with van der Waals surface area (Å²) in [6, 6.07) is 7.60. The first-order valence-corrected chi connectivity index (χ1v) is 5.32. The number of carbonyl (C=O) groups is 1. The van der Waals surface area contributed by atoms with E-state index in [1.54, 1.807) is 6.92 Å². The number of benzene rings is 1. The fraction of sp³-hybridized carbons (Fsp3) is 0.364. The van der Waals surface area contributed by atoms with Crippen molar-refractivity contribution in [3.05, 3.63) is 34.3 Å². The third kappa shape index (κ3) is 2.93. The molecule has 1 atom stereocenters. The van der Waals surface area contributed by atoms with Gasteiger partial charge in [-0.2, -0.15) is 0 Å². The van der Waals surface area contributed by atoms with Gasteiger partial charge in [0.05, 0.1) is 0 Å². The van der Waals surface area contributed by atoms with Crippen LogP contribution in [-0.4, -0.2) is 12.4 Å². The van der Waals surface area contributed by atoms with E-state index in [0.29, 0.717) is 6.61 Å². The molecule has 0 aliphatic carbocycles. The van der Waals surface area contributed by atoms with Crippen LogP contribution in [0.25, 0.3) is 0 Å². The first-order chi connectivity index (χ1) is 6.65. The van der Waals surface area contributed by atoms with Crippen molar-refractivity contribution in [3.63, 3.8) is 0 Å². The fourth-order valence-electron chi connectivity index (χ4n) is 1.25. The first kappa shape index (κ1) is 11.4. The Labute approximate surface area is 92.4 Å². The molecule has 0 N–H and O–H groups in total. The summed E-state index contributed by atoms with van der Waals surface area (Å²) in [7, 11) is 0. The summed E-state index contributed by atoms with van der Waals surface area (Å²) in [5.74, 6) is 0.0363. The Balaban J connectivity index is 2.87. The Bertz CT molecular complexity index is 306. The van der Waals surface area contributed by atoms with Crippen LogP contribution in [0.4, 0.5) is 0 Å². The lowest BCUT2D eigenvalue weighted by molar-refractivity contribution is -0.128. The van der Waals surface area contributed by atoms with Gasteiger partial charge < -0.3 is 4.74 Å². The van der Waals surface area contributed by atoms with Gasteiger partial charge in [-0.25, -0.2) is 0 Å². The lowest BCUT2D eigenvalue weighted by atomic mass is 10.1. The number of halogens is 1. The van der Waals surface area contributed by atoms with Crippen LogP contribution < -0.4 is 0 Å². The van der Waals surface area contributed by atoms with Crippen molar-refractivity contribution in [2.24, 2.45) is 0 Å². The molecule has 1 aromatic rings. The molecule has 0 spiro atoms. The number of hydrogen-bond acceptors (Lipinski definition) is 2. The summed E-state index contributed by atoms with van der Waals surface area (Å²) in [5.41, 5.74) is 0.905. The number of rotatable bonds is 4. The van der Waals surface area contributed by atoms with Gasteiger partial charge in [0.2, 0.25) is 0 Å². The SMILES string of the molecule is CCOC(C(C)=O)c1ccc(Br)cc1. The van der Waals surface area contributed by atoms with Gasteiger partial charge in [0.15, 0.2) is 5.78 Å². The summed E-state index contributed by atoms with van der Waals surface area (Å²) in [4.78, 5) is 11.3. The van der Waals surface area contributed by atoms with E-state index >= 15 is 0 Å². The predicted octanol–water partition coefficient (Wildman–Crippen LogP) is 3.12. The van der Waals surface area contributed by atoms with Gasteiger partial charge in [-0.05, 0) is 31.5 Å². The van der Waals surface area contributed by atoms with E-state index in [4.69, 9.17) is 4.74 Å². The van der Waals surface area contributed by atoms with Crippen molar-refractivity contribution in [2.45, 2.75) is 20.0 Å². The molecule has 0 heterocycles. The Morgan fingerprint density at radius 1 is 1.43 bits per heavy atom. The quantitative estimate of drug-likeness (QED) is 0.828. The molecule has 1 unspecified atom stereocenters. The molecule has 3 heteroatoms. The normalized spacial score (nSPS) is 12.5. The van der Waals surface area contributed by atoms with Crippen LogP contribution >= 0.6 is 15.9 Å². The average Bonchev–Trinajstić information content (AvgIpc) is 2.15. The smallest absolute Gasteiger partial charge is 0.163 e. The molecule has 0 fully saturated rings. The molecule has 1 rings (SSSR count). The van der Waals surface area contributed by atoms with Crippen molar-refractivity contribution in [3.8, 4) is 0 Å². The summed E-state index contributed by atoms with van der Waals surface area (Å²) < 4.78 is 6.36. The molecule has 0 saturated heterocycles. The number of ether oxygens (including phenoxy) is 1. The van der Waals surface area contributed by atoms with Gasteiger partial charge in [0.25, 0.3) is 0 Å². The number of ketones is 1. The molecule has 0 saturated carbocycles. The molecule has 1 aromatic carbocycles. The topological polar surface area (TPSA) is 26.3 Å².